The van der Waals surface area contributed by atoms with Gasteiger partial charge in [-0.05, 0) is 24.8 Å². The van der Waals surface area contributed by atoms with Crippen molar-refractivity contribution in [2.45, 2.75) is 39.7 Å². The number of ether oxygens (including phenoxy) is 2. The van der Waals surface area contributed by atoms with Crippen LogP contribution in [-0.2, 0) is 4.74 Å². The largest absolute Gasteiger partial charge is 0.491 e. The van der Waals surface area contributed by atoms with E-state index in [2.05, 4.69) is 20.8 Å². The Bertz CT molecular complexity index is 352. The van der Waals surface area contributed by atoms with Gasteiger partial charge in [0.25, 0.3) is 0 Å². The van der Waals surface area contributed by atoms with Crippen LogP contribution < -0.4 is 10.5 Å². The highest BCUT2D eigenvalue weighted by molar-refractivity contribution is 5.35. The van der Waals surface area contributed by atoms with Crippen LogP contribution in [0.5, 0.6) is 5.75 Å². The molecular formula is C16H27NO2. The van der Waals surface area contributed by atoms with E-state index in [1.165, 1.54) is 0 Å². The van der Waals surface area contributed by atoms with Crippen molar-refractivity contribution in [2.24, 2.45) is 11.7 Å². The average Bonchev–Trinajstić information content (AvgIpc) is 2.42. The first kappa shape index (κ1) is 16.0. The third kappa shape index (κ3) is 6.08. The lowest BCUT2D eigenvalue weighted by molar-refractivity contribution is 0.0921. The molecule has 3 nitrogen and oxygen atoms in total. The molecule has 0 fully saturated rings. The van der Waals surface area contributed by atoms with Crippen molar-refractivity contribution < 1.29 is 9.47 Å². The Morgan fingerprint density at radius 2 is 1.84 bits per heavy atom. The van der Waals surface area contributed by atoms with Crippen LogP contribution in [0.1, 0.15) is 45.2 Å². The van der Waals surface area contributed by atoms with Gasteiger partial charge in [-0.2, -0.15) is 0 Å². The molecule has 0 saturated carbocycles. The van der Waals surface area contributed by atoms with Gasteiger partial charge >= 0.3 is 0 Å². The number of benzene rings is 1. The summed E-state index contributed by atoms with van der Waals surface area (Å²) in [6, 6.07) is 8.01. The first-order valence-corrected chi connectivity index (χ1v) is 7.20. The van der Waals surface area contributed by atoms with E-state index in [-0.39, 0.29) is 6.04 Å². The maximum absolute atomic E-state index is 6.07. The molecule has 1 rings (SSSR count). The SMILES string of the molecule is CC[C@H](N)c1ccccc1OCCOCCC(C)C. The molecule has 19 heavy (non-hydrogen) atoms. The molecule has 108 valence electrons. The molecule has 0 heterocycles. The van der Waals surface area contributed by atoms with Crippen LogP contribution >= 0.6 is 0 Å². The Balaban J connectivity index is 2.33. The van der Waals surface area contributed by atoms with Crippen molar-refractivity contribution in [3.05, 3.63) is 29.8 Å². The molecule has 0 saturated heterocycles. The number of nitrogens with two attached hydrogens (primary N) is 1. The van der Waals surface area contributed by atoms with Crippen LogP contribution in [0.15, 0.2) is 24.3 Å². The van der Waals surface area contributed by atoms with Gasteiger partial charge < -0.3 is 15.2 Å². The van der Waals surface area contributed by atoms with E-state index in [9.17, 15) is 0 Å². The number of para-hydroxylation sites is 1. The van der Waals surface area contributed by atoms with E-state index in [1.54, 1.807) is 0 Å². The number of rotatable bonds is 9. The Hall–Kier alpha value is -1.06. The Morgan fingerprint density at radius 3 is 2.53 bits per heavy atom. The zero-order valence-electron chi connectivity index (χ0n) is 12.4. The monoisotopic (exact) mass is 265 g/mol. The normalized spacial score (nSPS) is 12.7. The molecule has 0 aromatic heterocycles. The number of hydrogen-bond donors (Lipinski definition) is 1. The fraction of sp³-hybridized carbons (Fsp3) is 0.625. The number of hydrogen-bond acceptors (Lipinski definition) is 3. The van der Waals surface area contributed by atoms with Crippen LogP contribution in [0.3, 0.4) is 0 Å². The van der Waals surface area contributed by atoms with Gasteiger partial charge in [-0.1, -0.05) is 39.0 Å². The van der Waals surface area contributed by atoms with Crippen LogP contribution in [0.2, 0.25) is 0 Å². The lowest BCUT2D eigenvalue weighted by Gasteiger charge is -2.15. The third-order valence-electron chi connectivity index (χ3n) is 3.08. The zero-order chi connectivity index (χ0) is 14.1. The van der Waals surface area contributed by atoms with E-state index >= 15 is 0 Å². The zero-order valence-corrected chi connectivity index (χ0v) is 12.4. The second kappa shape index (κ2) is 8.94. The van der Waals surface area contributed by atoms with Crippen molar-refractivity contribution in [3.63, 3.8) is 0 Å². The fourth-order valence-corrected chi connectivity index (χ4v) is 1.77. The Kier molecular flexibility index (Phi) is 7.53. The highest BCUT2D eigenvalue weighted by atomic mass is 16.5. The predicted octanol–water partition coefficient (Wildman–Crippen LogP) is 3.54. The Morgan fingerprint density at radius 1 is 1.11 bits per heavy atom. The van der Waals surface area contributed by atoms with E-state index in [1.807, 2.05) is 24.3 Å². The molecular weight excluding hydrogens is 238 g/mol. The molecule has 0 bridgehead atoms. The molecule has 1 aromatic rings. The standard InChI is InChI=1S/C16H27NO2/c1-4-15(17)14-7-5-6-8-16(14)19-12-11-18-10-9-13(2)3/h5-8,13,15H,4,9-12,17H2,1-3H3/t15-/m0/s1. The first-order chi connectivity index (χ1) is 9.15. The van der Waals surface area contributed by atoms with Crippen LogP contribution in [0.4, 0.5) is 0 Å². The summed E-state index contributed by atoms with van der Waals surface area (Å²) in [6.07, 6.45) is 2.00. The summed E-state index contributed by atoms with van der Waals surface area (Å²) in [4.78, 5) is 0. The molecule has 0 aliphatic rings. The Labute approximate surface area is 117 Å². The molecule has 3 heteroatoms. The highest BCUT2D eigenvalue weighted by Gasteiger charge is 2.09. The van der Waals surface area contributed by atoms with Crippen molar-refractivity contribution in [2.75, 3.05) is 19.8 Å². The van der Waals surface area contributed by atoms with E-state index in [0.717, 1.165) is 30.8 Å². The molecule has 0 aliphatic heterocycles. The van der Waals surface area contributed by atoms with Gasteiger partial charge in [0.1, 0.15) is 12.4 Å². The maximum Gasteiger partial charge on any atom is 0.124 e. The van der Waals surface area contributed by atoms with Crippen molar-refractivity contribution in [3.8, 4) is 5.75 Å². The summed E-state index contributed by atoms with van der Waals surface area (Å²) >= 11 is 0. The second-order valence-electron chi connectivity index (χ2n) is 5.20. The minimum Gasteiger partial charge on any atom is -0.491 e. The minimum atomic E-state index is 0.0399. The molecule has 2 N–H and O–H groups in total. The van der Waals surface area contributed by atoms with Gasteiger partial charge in [0, 0.05) is 18.2 Å². The van der Waals surface area contributed by atoms with Crippen molar-refractivity contribution in [1.82, 2.24) is 0 Å². The topological polar surface area (TPSA) is 44.5 Å². The predicted molar refractivity (Wildman–Crippen MR) is 79.4 cm³/mol. The maximum atomic E-state index is 6.07. The third-order valence-corrected chi connectivity index (χ3v) is 3.08. The van der Waals surface area contributed by atoms with Crippen LogP contribution in [-0.4, -0.2) is 19.8 Å². The van der Waals surface area contributed by atoms with Gasteiger partial charge in [-0.25, -0.2) is 0 Å². The second-order valence-corrected chi connectivity index (χ2v) is 5.20. The molecule has 1 aromatic carbocycles. The van der Waals surface area contributed by atoms with Crippen LogP contribution in [0, 0.1) is 5.92 Å². The van der Waals surface area contributed by atoms with Gasteiger partial charge in [0.05, 0.1) is 6.61 Å². The summed E-state index contributed by atoms with van der Waals surface area (Å²) in [5.74, 6) is 1.56. The van der Waals surface area contributed by atoms with E-state index in [0.29, 0.717) is 19.1 Å². The lowest BCUT2D eigenvalue weighted by Crippen LogP contribution is -2.13. The summed E-state index contributed by atoms with van der Waals surface area (Å²) in [5, 5.41) is 0. The van der Waals surface area contributed by atoms with Crippen LogP contribution in [0.25, 0.3) is 0 Å². The first-order valence-electron chi connectivity index (χ1n) is 7.20. The van der Waals surface area contributed by atoms with E-state index < -0.39 is 0 Å². The summed E-state index contributed by atoms with van der Waals surface area (Å²) in [6.45, 7) is 8.48. The summed E-state index contributed by atoms with van der Waals surface area (Å²) < 4.78 is 11.3. The molecule has 0 spiro atoms. The highest BCUT2D eigenvalue weighted by Crippen LogP contribution is 2.25. The summed E-state index contributed by atoms with van der Waals surface area (Å²) in [7, 11) is 0. The average molecular weight is 265 g/mol. The smallest absolute Gasteiger partial charge is 0.124 e. The van der Waals surface area contributed by atoms with Gasteiger partial charge in [0.15, 0.2) is 0 Å². The van der Waals surface area contributed by atoms with Crippen molar-refractivity contribution in [1.29, 1.82) is 0 Å². The molecule has 0 aliphatic carbocycles. The lowest BCUT2D eigenvalue weighted by atomic mass is 10.0. The fourth-order valence-electron chi connectivity index (χ4n) is 1.77. The van der Waals surface area contributed by atoms with Gasteiger partial charge in [0.2, 0.25) is 0 Å². The van der Waals surface area contributed by atoms with E-state index in [4.69, 9.17) is 15.2 Å². The van der Waals surface area contributed by atoms with Gasteiger partial charge in [-0.3, -0.25) is 0 Å². The minimum absolute atomic E-state index is 0.0399. The molecule has 1 atom stereocenters. The quantitative estimate of drug-likeness (QED) is 0.695. The van der Waals surface area contributed by atoms with Gasteiger partial charge in [-0.15, -0.1) is 0 Å². The molecule has 0 radical (unpaired) electrons. The van der Waals surface area contributed by atoms with Crippen molar-refractivity contribution >= 4 is 0 Å². The molecule has 0 unspecified atom stereocenters. The summed E-state index contributed by atoms with van der Waals surface area (Å²) in [5.41, 5.74) is 7.15. The molecule has 0 amide bonds.